The smallest absolute Gasteiger partial charge is 0.308 e. The summed E-state index contributed by atoms with van der Waals surface area (Å²) in [6.45, 7) is 6.88. The van der Waals surface area contributed by atoms with E-state index in [9.17, 15) is 14.7 Å². The first-order valence-electron chi connectivity index (χ1n) is 13.4. The van der Waals surface area contributed by atoms with Crippen LogP contribution >= 0.6 is 23.5 Å². The summed E-state index contributed by atoms with van der Waals surface area (Å²) in [6.07, 6.45) is 5.84. The molecule has 0 aliphatic carbocycles. The molecule has 3 heterocycles. The molecule has 36 heavy (non-hydrogen) atoms. The van der Waals surface area contributed by atoms with Gasteiger partial charge in [0.2, 0.25) is 12.7 Å². The van der Waals surface area contributed by atoms with Crippen molar-refractivity contribution in [3.8, 4) is 11.5 Å². The van der Waals surface area contributed by atoms with Crippen molar-refractivity contribution in [1.29, 1.82) is 0 Å². The second-order valence-electron chi connectivity index (χ2n) is 9.92. The molecule has 3 aliphatic heterocycles. The quantitative estimate of drug-likeness (QED) is 0.381. The molecule has 1 aromatic rings. The maximum atomic E-state index is 13.5. The van der Waals surface area contributed by atoms with Crippen LogP contribution in [0.5, 0.6) is 11.5 Å². The molecule has 0 bridgehead atoms. The molecule has 9 heteroatoms. The van der Waals surface area contributed by atoms with E-state index < -0.39 is 11.9 Å². The van der Waals surface area contributed by atoms with Gasteiger partial charge in [-0.3, -0.25) is 14.5 Å². The number of thioether (sulfide) groups is 2. The zero-order chi connectivity index (χ0) is 25.5. The minimum Gasteiger partial charge on any atom is -0.481 e. The molecule has 1 amide bonds. The summed E-state index contributed by atoms with van der Waals surface area (Å²) >= 11 is 3.95. The largest absolute Gasteiger partial charge is 0.481 e. The minimum atomic E-state index is -0.779. The van der Waals surface area contributed by atoms with Gasteiger partial charge in [0.25, 0.3) is 0 Å². The highest BCUT2D eigenvalue weighted by molar-refractivity contribution is 8.20. The lowest BCUT2D eigenvalue weighted by atomic mass is 9.84. The fraction of sp³-hybridized carbons (Fsp3) is 0.704. The van der Waals surface area contributed by atoms with Gasteiger partial charge in [0.1, 0.15) is 0 Å². The number of aliphatic carboxylic acids is 1. The Bertz CT molecular complexity index is 887. The number of carboxylic acid groups (broad SMARTS) is 1. The van der Waals surface area contributed by atoms with E-state index in [1.165, 1.54) is 0 Å². The Balaban J connectivity index is 1.55. The SMILES string of the molecule is CCCCN(CCCC)C(=O)CN1C[C@@H](c2ccc3c(c2)OCO3)[C@H](C(=O)O)[C@H]1CCC1SCCS1. The van der Waals surface area contributed by atoms with E-state index in [1.54, 1.807) is 0 Å². The fourth-order valence-electron chi connectivity index (χ4n) is 5.55. The van der Waals surface area contributed by atoms with E-state index in [-0.39, 0.29) is 31.2 Å². The number of hydrogen-bond donors (Lipinski definition) is 1. The monoisotopic (exact) mass is 536 g/mol. The molecule has 7 nitrogen and oxygen atoms in total. The second-order valence-corrected chi connectivity index (χ2v) is 12.8. The van der Waals surface area contributed by atoms with Gasteiger partial charge in [0, 0.05) is 43.1 Å². The van der Waals surface area contributed by atoms with Crippen LogP contribution in [0.2, 0.25) is 0 Å². The van der Waals surface area contributed by atoms with Crippen molar-refractivity contribution >= 4 is 35.4 Å². The van der Waals surface area contributed by atoms with Crippen molar-refractivity contribution in [2.24, 2.45) is 5.92 Å². The number of ether oxygens (including phenoxy) is 2. The summed E-state index contributed by atoms with van der Waals surface area (Å²) in [6, 6.07) is 5.61. The minimum absolute atomic E-state index is 0.127. The third kappa shape index (κ3) is 6.64. The van der Waals surface area contributed by atoms with Crippen molar-refractivity contribution < 1.29 is 24.2 Å². The van der Waals surface area contributed by atoms with Crippen LogP contribution in [0.4, 0.5) is 0 Å². The molecule has 200 valence electrons. The molecule has 3 aliphatic rings. The lowest BCUT2D eigenvalue weighted by molar-refractivity contribution is -0.143. The van der Waals surface area contributed by atoms with Gasteiger partial charge in [-0.15, -0.1) is 23.5 Å². The highest BCUT2D eigenvalue weighted by Crippen LogP contribution is 2.44. The van der Waals surface area contributed by atoms with Crippen LogP contribution < -0.4 is 9.47 Å². The molecular formula is C27H40N2O5S2. The average Bonchev–Trinajstić information content (AvgIpc) is 3.62. The van der Waals surface area contributed by atoms with Crippen LogP contribution in [0.1, 0.15) is 63.9 Å². The molecular weight excluding hydrogens is 496 g/mol. The Morgan fingerprint density at radius 3 is 2.42 bits per heavy atom. The van der Waals surface area contributed by atoms with Gasteiger partial charge in [0.05, 0.1) is 17.0 Å². The fourth-order valence-corrected chi connectivity index (χ4v) is 8.41. The number of amides is 1. The highest BCUT2D eigenvalue weighted by atomic mass is 32.2. The first kappa shape index (κ1) is 27.5. The van der Waals surface area contributed by atoms with E-state index in [1.807, 2.05) is 46.6 Å². The molecule has 4 rings (SSSR count). The Kier molecular flexibility index (Phi) is 10.1. The molecule has 1 aromatic carbocycles. The third-order valence-corrected chi connectivity index (χ3v) is 10.7. The van der Waals surface area contributed by atoms with E-state index in [4.69, 9.17) is 9.47 Å². The molecule has 3 atom stereocenters. The summed E-state index contributed by atoms with van der Waals surface area (Å²) < 4.78 is 11.6. The summed E-state index contributed by atoms with van der Waals surface area (Å²) in [4.78, 5) is 30.3. The summed E-state index contributed by atoms with van der Waals surface area (Å²) in [7, 11) is 0. The van der Waals surface area contributed by atoms with Crippen LogP contribution in [0.25, 0.3) is 0 Å². The number of fused-ring (bicyclic) bond motifs is 1. The maximum Gasteiger partial charge on any atom is 0.308 e. The molecule has 0 radical (unpaired) electrons. The Hall–Kier alpha value is -1.58. The van der Waals surface area contributed by atoms with Gasteiger partial charge >= 0.3 is 5.97 Å². The standard InChI is InChI=1S/C27H40N2O5S2/c1-3-5-11-28(12-6-4-2)24(30)17-29-16-20(19-7-9-22-23(15-19)34-18-33-22)26(27(31)32)21(29)8-10-25-35-13-14-36-25/h7,9,15,20-21,25-26H,3-6,8,10-14,16-18H2,1-2H3,(H,31,32)/t20-,21+,26-/m0/s1. The Labute approximate surface area is 223 Å². The molecule has 0 saturated carbocycles. The van der Waals surface area contributed by atoms with Crippen LogP contribution in [0.15, 0.2) is 18.2 Å². The predicted molar refractivity (Wildman–Crippen MR) is 146 cm³/mol. The topological polar surface area (TPSA) is 79.3 Å². The lowest BCUT2D eigenvalue weighted by Crippen LogP contribution is -2.44. The first-order chi connectivity index (χ1) is 17.5. The van der Waals surface area contributed by atoms with Crippen molar-refractivity contribution in [1.82, 2.24) is 9.80 Å². The van der Waals surface area contributed by atoms with Crippen molar-refractivity contribution in [3.63, 3.8) is 0 Å². The number of carboxylic acids is 1. The van der Waals surface area contributed by atoms with Crippen molar-refractivity contribution in [3.05, 3.63) is 23.8 Å². The summed E-state index contributed by atoms with van der Waals surface area (Å²) in [5, 5.41) is 10.4. The Morgan fingerprint density at radius 1 is 1.06 bits per heavy atom. The van der Waals surface area contributed by atoms with Crippen molar-refractivity contribution in [2.45, 2.75) is 68.9 Å². The number of carbonyl (C=O) groups excluding carboxylic acids is 1. The van der Waals surface area contributed by atoms with Gasteiger partial charge in [-0.1, -0.05) is 32.8 Å². The zero-order valence-corrected chi connectivity index (χ0v) is 23.2. The van der Waals surface area contributed by atoms with Crippen LogP contribution in [-0.4, -0.2) is 81.9 Å². The van der Waals surface area contributed by atoms with Crippen LogP contribution in [0.3, 0.4) is 0 Å². The van der Waals surface area contributed by atoms with E-state index in [2.05, 4.69) is 18.7 Å². The lowest BCUT2D eigenvalue weighted by Gasteiger charge is -2.30. The highest BCUT2D eigenvalue weighted by Gasteiger charge is 2.47. The number of hydrogen-bond acceptors (Lipinski definition) is 7. The molecule has 2 fully saturated rings. The van der Waals surface area contributed by atoms with Crippen LogP contribution in [-0.2, 0) is 9.59 Å². The van der Waals surface area contributed by atoms with Gasteiger partial charge in [-0.25, -0.2) is 0 Å². The number of carbonyl (C=O) groups is 2. The molecule has 0 spiro atoms. The number of unbranched alkanes of at least 4 members (excludes halogenated alkanes) is 2. The summed E-state index contributed by atoms with van der Waals surface area (Å²) in [5.41, 5.74) is 0.949. The molecule has 0 aromatic heterocycles. The predicted octanol–water partition coefficient (Wildman–Crippen LogP) is 4.90. The molecule has 2 saturated heterocycles. The number of rotatable bonds is 13. The second kappa shape index (κ2) is 13.3. The number of likely N-dealkylation sites (tertiary alicyclic amines) is 1. The van der Waals surface area contributed by atoms with Crippen LogP contribution in [0, 0.1) is 5.92 Å². The normalized spacial score (nSPS) is 23.9. The van der Waals surface area contributed by atoms with Gasteiger partial charge < -0.3 is 19.5 Å². The summed E-state index contributed by atoms with van der Waals surface area (Å²) in [5.74, 6) is 2.28. The van der Waals surface area contributed by atoms with E-state index in [0.717, 1.165) is 68.7 Å². The molecule has 1 N–H and O–H groups in total. The zero-order valence-electron chi connectivity index (χ0n) is 21.5. The Morgan fingerprint density at radius 2 is 1.75 bits per heavy atom. The first-order valence-corrected chi connectivity index (χ1v) is 15.5. The van der Waals surface area contributed by atoms with Crippen molar-refractivity contribution in [2.75, 3.05) is 44.5 Å². The number of nitrogens with zero attached hydrogens (tertiary/aromatic N) is 2. The molecule has 0 unspecified atom stereocenters. The third-order valence-electron chi connectivity index (χ3n) is 7.50. The van der Waals surface area contributed by atoms with E-state index in [0.29, 0.717) is 22.6 Å². The average molecular weight is 537 g/mol. The van der Waals surface area contributed by atoms with Gasteiger partial charge in [0.15, 0.2) is 11.5 Å². The maximum absolute atomic E-state index is 13.5. The van der Waals surface area contributed by atoms with Gasteiger partial charge in [-0.05, 0) is 43.4 Å². The number of benzene rings is 1. The van der Waals surface area contributed by atoms with E-state index >= 15 is 0 Å². The van der Waals surface area contributed by atoms with Gasteiger partial charge in [-0.2, -0.15) is 0 Å².